The van der Waals surface area contributed by atoms with Crippen LogP contribution in [-0.4, -0.2) is 31.9 Å². The van der Waals surface area contributed by atoms with E-state index >= 15 is 0 Å². The number of ether oxygens (including phenoxy) is 1. The van der Waals surface area contributed by atoms with E-state index < -0.39 is 15.8 Å². The average Bonchev–Trinajstić information content (AvgIpc) is 2.98. The SMILES string of the molecule is COc1cc(S(=O)(=O)NCC(C)Cn2cccn2)ccc1F. The minimum absolute atomic E-state index is 0.0305. The molecule has 1 aromatic heterocycles. The van der Waals surface area contributed by atoms with E-state index in [0.717, 1.165) is 12.1 Å². The van der Waals surface area contributed by atoms with Crippen molar-refractivity contribution in [2.75, 3.05) is 13.7 Å². The Hall–Kier alpha value is -1.93. The smallest absolute Gasteiger partial charge is 0.240 e. The fraction of sp³-hybridized carbons (Fsp3) is 0.357. The van der Waals surface area contributed by atoms with E-state index in [1.165, 1.54) is 13.2 Å². The van der Waals surface area contributed by atoms with Gasteiger partial charge < -0.3 is 4.74 Å². The number of hydrogen-bond donors (Lipinski definition) is 1. The minimum atomic E-state index is -3.71. The summed E-state index contributed by atoms with van der Waals surface area (Å²) in [5, 5.41) is 4.07. The van der Waals surface area contributed by atoms with E-state index in [9.17, 15) is 12.8 Å². The molecule has 22 heavy (non-hydrogen) atoms. The van der Waals surface area contributed by atoms with Crippen LogP contribution in [0.3, 0.4) is 0 Å². The lowest BCUT2D eigenvalue weighted by atomic mass is 10.2. The van der Waals surface area contributed by atoms with Crippen LogP contribution in [0.15, 0.2) is 41.6 Å². The summed E-state index contributed by atoms with van der Waals surface area (Å²) in [6.07, 6.45) is 3.48. The zero-order chi connectivity index (χ0) is 16.2. The van der Waals surface area contributed by atoms with Gasteiger partial charge in [-0.1, -0.05) is 6.92 Å². The zero-order valence-corrected chi connectivity index (χ0v) is 13.2. The van der Waals surface area contributed by atoms with Crippen molar-refractivity contribution in [3.63, 3.8) is 0 Å². The van der Waals surface area contributed by atoms with Crippen LogP contribution < -0.4 is 9.46 Å². The molecule has 0 bridgehead atoms. The number of halogens is 1. The lowest BCUT2D eigenvalue weighted by molar-refractivity contribution is 0.385. The van der Waals surface area contributed by atoms with Crippen LogP contribution in [0.1, 0.15) is 6.92 Å². The second kappa shape index (κ2) is 6.89. The number of nitrogens with one attached hydrogen (secondary N) is 1. The van der Waals surface area contributed by atoms with Gasteiger partial charge in [0, 0.05) is 31.5 Å². The Labute approximate surface area is 129 Å². The molecule has 8 heteroatoms. The maximum atomic E-state index is 13.3. The molecule has 0 saturated heterocycles. The number of aromatic nitrogens is 2. The lowest BCUT2D eigenvalue weighted by Crippen LogP contribution is -2.30. The fourth-order valence-electron chi connectivity index (χ4n) is 1.93. The summed E-state index contributed by atoms with van der Waals surface area (Å²) < 4.78 is 46.8. The second-order valence-electron chi connectivity index (χ2n) is 4.98. The van der Waals surface area contributed by atoms with Crippen molar-refractivity contribution < 1.29 is 17.5 Å². The molecule has 1 aromatic carbocycles. The summed E-state index contributed by atoms with van der Waals surface area (Å²) in [6.45, 7) is 2.76. The molecule has 0 radical (unpaired) electrons. The highest BCUT2D eigenvalue weighted by molar-refractivity contribution is 7.89. The van der Waals surface area contributed by atoms with Crippen LogP contribution in [0.25, 0.3) is 0 Å². The normalized spacial score (nSPS) is 13.0. The summed E-state index contributed by atoms with van der Waals surface area (Å²) in [5.41, 5.74) is 0. The number of sulfonamides is 1. The van der Waals surface area contributed by atoms with Crippen LogP contribution >= 0.6 is 0 Å². The van der Waals surface area contributed by atoms with E-state index in [1.807, 2.05) is 19.2 Å². The van der Waals surface area contributed by atoms with Gasteiger partial charge in [-0.3, -0.25) is 4.68 Å². The maximum Gasteiger partial charge on any atom is 0.240 e. The zero-order valence-electron chi connectivity index (χ0n) is 12.4. The summed E-state index contributed by atoms with van der Waals surface area (Å²) in [5.74, 6) is -0.655. The van der Waals surface area contributed by atoms with Crippen LogP contribution in [-0.2, 0) is 16.6 Å². The number of benzene rings is 1. The molecule has 1 unspecified atom stereocenters. The Morgan fingerprint density at radius 1 is 1.45 bits per heavy atom. The fourth-order valence-corrected chi connectivity index (χ4v) is 3.11. The minimum Gasteiger partial charge on any atom is -0.494 e. The van der Waals surface area contributed by atoms with Gasteiger partial charge in [-0.2, -0.15) is 5.10 Å². The molecule has 0 amide bonds. The summed E-state index contributed by atoms with van der Waals surface area (Å²) in [4.78, 5) is -0.0305. The average molecular weight is 327 g/mol. The molecule has 2 aromatic rings. The molecule has 0 fully saturated rings. The Bertz CT molecular complexity index is 717. The van der Waals surface area contributed by atoms with E-state index in [0.29, 0.717) is 6.54 Å². The van der Waals surface area contributed by atoms with Gasteiger partial charge in [0.05, 0.1) is 12.0 Å². The van der Waals surface area contributed by atoms with Crippen LogP contribution in [0, 0.1) is 11.7 Å². The van der Waals surface area contributed by atoms with Crippen molar-refractivity contribution in [1.82, 2.24) is 14.5 Å². The van der Waals surface area contributed by atoms with Crippen molar-refractivity contribution in [2.45, 2.75) is 18.4 Å². The van der Waals surface area contributed by atoms with Gasteiger partial charge in [-0.15, -0.1) is 0 Å². The van der Waals surface area contributed by atoms with Gasteiger partial charge >= 0.3 is 0 Å². The topological polar surface area (TPSA) is 73.2 Å². The van der Waals surface area contributed by atoms with Crippen molar-refractivity contribution in [1.29, 1.82) is 0 Å². The molecule has 120 valence electrons. The van der Waals surface area contributed by atoms with Gasteiger partial charge in [0.25, 0.3) is 0 Å². The summed E-state index contributed by atoms with van der Waals surface area (Å²) >= 11 is 0. The predicted molar refractivity (Wildman–Crippen MR) is 79.5 cm³/mol. The summed E-state index contributed by atoms with van der Waals surface area (Å²) in [7, 11) is -2.42. The molecule has 0 aliphatic carbocycles. The molecular formula is C14H18FN3O3S. The molecule has 0 spiro atoms. The molecule has 1 atom stereocenters. The maximum absolute atomic E-state index is 13.3. The highest BCUT2D eigenvalue weighted by Crippen LogP contribution is 2.21. The van der Waals surface area contributed by atoms with E-state index in [4.69, 9.17) is 4.74 Å². The van der Waals surface area contributed by atoms with Gasteiger partial charge in [-0.25, -0.2) is 17.5 Å². The Balaban J connectivity index is 2.01. The first kappa shape index (κ1) is 16.4. The van der Waals surface area contributed by atoms with Gasteiger partial charge in [0.2, 0.25) is 10.0 Å². The molecule has 0 aliphatic rings. The van der Waals surface area contributed by atoms with Crippen LogP contribution in [0.4, 0.5) is 4.39 Å². The van der Waals surface area contributed by atoms with Gasteiger partial charge in [0.1, 0.15) is 0 Å². The monoisotopic (exact) mass is 327 g/mol. The molecule has 0 saturated carbocycles. The Morgan fingerprint density at radius 2 is 2.23 bits per heavy atom. The predicted octanol–water partition coefficient (Wildman–Crippen LogP) is 1.65. The molecule has 0 aliphatic heterocycles. The van der Waals surface area contributed by atoms with Crippen molar-refractivity contribution >= 4 is 10.0 Å². The first-order valence-corrected chi connectivity index (χ1v) is 8.21. The number of nitrogens with zero attached hydrogens (tertiary/aromatic N) is 2. The highest BCUT2D eigenvalue weighted by atomic mass is 32.2. The summed E-state index contributed by atoms with van der Waals surface area (Å²) in [6, 6.07) is 5.25. The van der Waals surface area contributed by atoms with Gasteiger partial charge in [-0.05, 0) is 24.1 Å². The van der Waals surface area contributed by atoms with E-state index in [1.54, 1.807) is 10.9 Å². The van der Waals surface area contributed by atoms with E-state index in [2.05, 4.69) is 9.82 Å². The van der Waals surface area contributed by atoms with Crippen LogP contribution in [0.2, 0.25) is 0 Å². The van der Waals surface area contributed by atoms with Gasteiger partial charge in [0.15, 0.2) is 11.6 Å². The second-order valence-corrected chi connectivity index (χ2v) is 6.75. The lowest BCUT2D eigenvalue weighted by Gasteiger charge is -2.13. The molecule has 6 nitrogen and oxygen atoms in total. The Kier molecular flexibility index (Phi) is 5.15. The van der Waals surface area contributed by atoms with Crippen molar-refractivity contribution in [2.24, 2.45) is 5.92 Å². The molecule has 1 heterocycles. The standard InChI is InChI=1S/C14H18FN3O3S/c1-11(10-18-7-3-6-16-18)9-17-22(19,20)12-4-5-13(15)14(8-12)21-2/h3-8,11,17H,9-10H2,1-2H3. The third-order valence-electron chi connectivity index (χ3n) is 3.11. The number of rotatable bonds is 7. The van der Waals surface area contributed by atoms with E-state index in [-0.39, 0.29) is 23.1 Å². The number of methoxy groups -OCH3 is 1. The first-order valence-electron chi connectivity index (χ1n) is 6.73. The quantitative estimate of drug-likeness (QED) is 0.839. The molecule has 1 N–H and O–H groups in total. The van der Waals surface area contributed by atoms with Crippen molar-refractivity contribution in [3.05, 3.63) is 42.5 Å². The number of hydrogen-bond acceptors (Lipinski definition) is 4. The molecule has 2 rings (SSSR count). The first-order chi connectivity index (χ1) is 10.4. The third-order valence-corrected chi connectivity index (χ3v) is 4.53. The molecular weight excluding hydrogens is 309 g/mol. The van der Waals surface area contributed by atoms with Crippen LogP contribution in [0.5, 0.6) is 5.75 Å². The largest absolute Gasteiger partial charge is 0.494 e. The highest BCUT2D eigenvalue weighted by Gasteiger charge is 2.17. The Morgan fingerprint density at radius 3 is 2.86 bits per heavy atom. The van der Waals surface area contributed by atoms with Crippen molar-refractivity contribution in [3.8, 4) is 5.75 Å². The third kappa shape index (κ3) is 4.05.